The lowest BCUT2D eigenvalue weighted by molar-refractivity contribution is -0.134. The Morgan fingerprint density at radius 1 is 1.07 bits per heavy atom. The highest BCUT2D eigenvalue weighted by Crippen LogP contribution is 2.36. The predicted molar refractivity (Wildman–Crippen MR) is 164 cm³/mol. The second kappa shape index (κ2) is 12.3. The molecule has 6 rings (SSSR count). The van der Waals surface area contributed by atoms with Gasteiger partial charge in [0.05, 0.1) is 23.2 Å². The highest BCUT2D eigenvalue weighted by Gasteiger charge is 2.32. The number of fused-ring (bicyclic) bond motifs is 1. The zero-order valence-corrected chi connectivity index (χ0v) is 25.8. The average Bonchev–Trinajstić information content (AvgIpc) is 3.56. The van der Waals surface area contributed by atoms with Gasteiger partial charge in [-0.15, -0.1) is 0 Å². The third kappa shape index (κ3) is 6.24. The van der Waals surface area contributed by atoms with Crippen LogP contribution in [-0.4, -0.2) is 52.2 Å². The molecule has 0 bridgehead atoms. The number of rotatable bonds is 8. The van der Waals surface area contributed by atoms with Crippen molar-refractivity contribution < 1.29 is 14.3 Å². The fourth-order valence-corrected chi connectivity index (χ4v) is 7.46. The van der Waals surface area contributed by atoms with Crippen LogP contribution in [0.2, 0.25) is 0 Å². The van der Waals surface area contributed by atoms with Crippen LogP contribution in [0.25, 0.3) is 10.9 Å². The van der Waals surface area contributed by atoms with Gasteiger partial charge in [-0.1, -0.05) is 34.1 Å². The van der Waals surface area contributed by atoms with E-state index in [1.54, 1.807) is 0 Å². The fourth-order valence-electron chi connectivity index (χ4n) is 7.11. The number of hydrogen-bond donors (Lipinski definition) is 1. The number of hydrogen-bond acceptors (Lipinski definition) is 5. The summed E-state index contributed by atoms with van der Waals surface area (Å²) >= 11 is 3.62. The summed E-state index contributed by atoms with van der Waals surface area (Å²) in [6.07, 6.45) is 9.85. The largest absolute Gasteiger partial charge is 0.490 e. The van der Waals surface area contributed by atoms with E-state index >= 15 is 0 Å². The van der Waals surface area contributed by atoms with E-state index in [4.69, 9.17) is 9.84 Å². The molecule has 2 saturated heterocycles. The quantitative estimate of drug-likeness (QED) is 0.296. The standard InChI is InChI=1S/C33H41BrN4O3/c1-21-28(34)6-3-7-30(21)41-25-11-8-22(9-12-25)5-4-17-38-18-16-24(20-38)23-10-13-26-29(19-23)37(2)36-32(26)27-14-15-31(39)35-33(27)40/h3,6-7,10,13,19,22,24-25,27H,4-5,8-9,11-12,14-18,20H2,1-2H3,(H,35,39,40)/t22?,24-,25?,27?/m0/s1. The Balaban J connectivity index is 0.973. The van der Waals surface area contributed by atoms with Gasteiger partial charge in [-0.2, -0.15) is 5.10 Å². The molecule has 218 valence electrons. The van der Waals surface area contributed by atoms with Crippen LogP contribution in [0.4, 0.5) is 0 Å². The lowest BCUT2D eigenvalue weighted by Crippen LogP contribution is -2.39. The molecule has 7 nitrogen and oxygen atoms in total. The van der Waals surface area contributed by atoms with Crippen molar-refractivity contribution in [3.8, 4) is 5.75 Å². The van der Waals surface area contributed by atoms with Gasteiger partial charge in [0.25, 0.3) is 0 Å². The van der Waals surface area contributed by atoms with Gasteiger partial charge in [0.1, 0.15) is 5.75 Å². The van der Waals surface area contributed by atoms with Crippen LogP contribution in [0, 0.1) is 12.8 Å². The maximum Gasteiger partial charge on any atom is 0.235 e. The van der Waals surface area contributed by atoms with Crippen LogP contribution in [0.1, 0.15) is 86.4 Å². The van der Waals surface area contributed by atoms with Crippen LogP contribution in [0.3, 0.4) is 0 Å². The first kappa shape index (κ1) is 28.4. The number of imide groups is 1. The van der Waals surface area contributed by atoms with Crippen LogP contribution in [0.5, 0.6) is 5.75 Å². The number of benzene rings is 2. The first-order chi connectivity index (χ1) is 19.9. The van der Waals surface area contributed by atoms with Crippen LogP contribution in [-0.2, 0) is 16.6 Å². The lowest BCUT2D eigenvalue weighted by atomic mass is 9.84. The maximum absolute atomic E-state index is 12.5. The minimum absolute atomic E-state index is 0.191. The minimum Gasteiger partial charge on any atom is -0.490 e. The number of nitrogens with one attached hydrogen (secondary N) is 1. The van der Waals surface area contributed by atoms with Gasteiger partial charge in [-0.25, -0.2) is 0 Å². The van der Waals surface area contributed by atoms with Gasteiger partial charge in [-0.3, -0.25) is 19.6 Å². The Labute approximate surface area is 251 Å². The van der Waals surface area contributed by atoms with Gasteiger partial charge in [0.15, 0.2) is 0 Å². The molecule has 41 heavy (non-hydrogen) atoms. The molecule has 8 heteroatoms. The van der Waals surface area contributed by atoms with Gasteiger partial charge in [0.2, 0.25) is 11.8 Å². The molecule has 1 aromatic heterocycles. The van der Waals surface area contributed by atoms with E-state index in [0.717, 1.165) is 58.7 Å². The smallest absolute Gasteiger partial charge is 0.235 e. The Morgan fingerprint density at radius 3 is 2.71 bits per heavy atom. The molecule has 2 aliphatic heterocycles. The number of nitrogens with zero attached hydrogens (tertiary/aromatic N) is 3. The Hall–Kier alpha value is -2.71. The molecule has 3 fully saturated rings. The molecular formula is C33H41BrN4O3. The van der Waals surface area contributed by atoms with E-state index in [-0.39, 0.29) is 17.7 Å². The van der Waals surface area contributed by atoms with Crippen molar-refractivity contribution in [2.75, 3.05) is 19.6 Å². The summed E-state index contributed by atoms with van der Waals surface area (Å²) in [5.41, 5.74) is 4.40. The molecule has 1 aliphatic carbocycles. The number of halogens is 1. The molecule has 2 aromatic carbocycles. The molecular weight excluding hydrogens is 580 g/mol. The first-order valence-corrected chi connectivity index (χ1v) is 16.1. The highest BCUT2D eigenvalue weighted by molar-refractivity contribution is 9.10. The van der Waals surface area contributed by atoms with E-state index in [2.05, 4.69) is 69.5 Å². The number of carbonyl (C=O) groups is 2. The number of piperidine rings is 1. The number of amides is 2. The summed E-state index contributed by atoms with van der Waals surface area (Å²) in [5, 5.41) is 8.21. The molecule has 3 heterocycles. The van der Waals surface area contributed by atoms with E-state index in [9.17, 15) is 9.59 Å². The summed E-state index contributed by atoms with van der Waals surface area (Å²) in [6, 6.07) is 12.8. The maximum atomic E-state index is 12.5. The molecule has 2 amide bonds. The normalized spacial score (nSPS) is 25.5. The monoisotopic (exact) mass is 620 g/mol. The van der Waals surface area contributed by atoms with Crippen molar-refractivity contribution in [2.45, 2.75) is 82.7 Å². The first-order valence-electron chi connectivity index (χ1n) is 15.3. The minimum atomic E-state index is -0.359. The Bertz CT molecular complexity index is 1430. The van der Waals surface area contributed by atoms with Crippen molar-refractivity contribution in [3.05, 3.63) is 57.7 Å². The van der Waals surface area contributed by atoms with Gasteiger partial charge < -0.3 is 9.64 Å². The van der Waals surface area contributed by atoms with Crippen molar-refractivity contribution in [1.29, 1.82) is 0 Å². The zero-order chi connectivity index (χ0) is 28.5. The fraction of sp³-hybridized carbons (Fsp3) is 0.545. The van der Waals surface area contributed by atoms with Gasteiger partial charge in [0, 0.05) is 35.4 Å². The summed E-state index contributed by atoms with van der Waals surface area (Å²) in [6.45, 7) is 5.56. The molecule has 1 N–H and O–H groups in total. The topological polar surface area (TPSA) is 76.5 Å². The summed E-state index contributed by atoms with van der Waals surface area (Å²) in [5.74, 6) is 1.59. The third-order valence-electron chi connectivity index (χ3n) is 9.61. The van der Waals surface area contributed by atoms with Crippen molar-refractivity contribution >= 4 is 38.6 Å². The number of carbonyl (C=O) groups excluding carboxylic acids is 2. The molecule has 1 unspecified atom stereocenters. The zero-order valence-electron chi connectivity index (χ0n) is 24.2. The SMILES string of the molecule is Cc1c(Br)cccc1OC1CCC(CCCN2CC[C@H](c3ccc4c(C5CCC(=O)NC5=O)nn(C)c4c3)C2)CC1. The molecule has 3 aliphatic rings. The van der Waals surface area contributed by atoms with Crippen LogP contribution in [0.15, 0.2) is 40.9 Å². The molecule has 0 radical (unpaired) electrons. The highest BCUT2D eigenvalue weighted by atomic mass is 79.9. The van der Waals surface area contributed by atoms with Crippen molar-refractivity contribution in [2.24, 2.45) is 13.0 Å². The van der Waals surface area contributed by atoms with Crippen LogP contribution < -0.4 is 10.1 Å². The third-order valence-corrected chi connectivity index (χ3v) is 10.5. The Morgan fingerprint density at radius 2 is 1.90 bits per heavy atom. The van der Waals surface area contributed by atoms with Gasteiger partial charge in [-0.05, 0) is 107 Å². The molecule has 0 spiro atoms. The molecule has 3 aromatic rings. The average molecular weight is 622 g/mol. The molecule has 1 saturated carbocycles. The lowest BCUT2D eigenvalue weighted by Gasteiger charge is -2.30. The van der Waals surface area contributed by atoms with E-state index in [1.165, 1.54) is 49.8 Å². The van der Waals surface area contributed by atoms with E-state index in [1.807, 2.05) is 11.7 Å². The van der Waals surface area contributed by atoms with Crippen molar-refractivity contribution in [1.82, 2.24) is 20.0 Å². The number of aromatic nitrogens is 2. The van der Waals surface area contributed by atoms with Gasteiger partial charge >= 0.3 is 0 Å². The number of ether oxygens (including phenoxy) is 1. The molecule has 2 atom stereocenters. The number of likely N-dealkylation sites (tertiary alicyclic amines) is 1. The summed E-state index contributed by atoms with van der Waals surface area (Å²) in [7, 11) is 1.95. The Kier molecular flexibility index (Phi) is 8.50. The summed E-state index contributed by atoms with van der Waals surface area (Å²) in [4.78, 5) is 26.7. The second-order valence-electron chi connectivity index (χ2n) is 12.3. The summed E-state index contributed by atoms with van der Waals surface area (Å²) < 4.78 is 9.36. The number of aryl methyl sites for hydroxylation is 1. The second-order valence-corrected chi connectivity index (χ2v) is 13.2. The predicted octanol–water partition coefficient (Wildman–Crippen LogP) is 6.37. The van der Waals surface area contributed by atoms with E-state index < -0.39 is 0 Å². The van der Waals surface area contributed by atoms with E-state index in [0.29, 0.717) is 24.9 Å². The van der Waals surface area contributed by atoms with Crippen LogP contribution >= 0.6 is 15.9 Å². The van der Waals surface area contributed by atoms with Crippen molar-refractivity contribution in [3.63, 3.8) is 0 Å².